The molecule has 1 saturated heterocycles. The number of pyridine rings is 1. The van der Waals surface area contributed by atoms with Crippen LogP contribution in [0.3, 0.4) is 0 Å². The number of piperazine rings is 1. The van der Waals surface area contributed by atoms with Crippen LogP contribution in [0, 0.1) is 16.6 Å². The van der Waals surface area contributed by atoms with Crippen molar-refractivity contribution >= 4 is 31.3 Å². The lowest BCUT2D eigenvalue weighted by Gasteiger charge is -2.39. The average Bonchev–Trinajstić information content (AvgIpc) is 3.60. The second-order valence-electron chi connectivity index (χ2n) is 7.68. The third kappa shape index (κ3) is 4.26. The first kappa shape index (κ1) is 21.6. The minimum absolute atomic E-state index is 0.0337. The normalized spacial score (nSPS) is 21.7. The third-order valence-electron chi connectivity index (χ3n) is 5.56. The predicted molar refractivity (Wildman–Crippen MR) is 121 cm³/mol. The number of hydrogen-bond acceptors (Lipinski definition) is 7. The van der Waals surface area contributed by atoms with Crippen molar-refractivity contribution in [1.29, 1.82) is 4.78 Å². The highest BCUT2D eigenvalue weighted by atomic mass is 32.2. The highest BCUT2D eigenvalue weighted by molar-refractivity contribution is 7.93. The van der Waals surface area contributed by atoms with Gasteiger partial charge in [-0.15, -0.1) is 5.92 Å². The summed E-state index contributed by atoms with van der Waals surface area (Å²) in [6.45, 7) is 2.70. The van der Waals surface area contributed by atoms with Gasteiger partial charge in [-0.2, -0.15) is 4.31 Å². The number of benzene rings is 1. The van der Waals surface area contributed by atoms with Gasteiger partial charge in [0, 0.05) is 41.7 Å². The number of anilines is 2. The number of rotatable bonds is 5. The van der Waals surface area contributed by atoms with E-state index in [9.17, 15) is 12.6 Å². The number of nitrogens with zero attached hydrogens (tertiary/aromatic N) is 3. The Morgan fingerprint density at radius 3 is 2.32 bits per heavy atom. The van der Waals surface area contributed by atoms with Gasteiger partial charge < -0.3 is 10.6 Å². The van der Waals surface area contributed by atoms with Crippen molar-refractivity contribution < 1.29 is 12.6 Å². The molecule has 0 radical (unpaired) electrons. The van der Waals surface area contributed by atoms with E-state index in [1.165, 1.54) is 22.6 Å². The molecule has 0 spiro atoms. The second kappa shape index (κ2) is 8.15. The molecule has 1 aromatic heterocycles. The minimum Gasteiger partial charge on any atom is -0.384 e. The molecule has 2 atom stereocenters. The monoisotopic (exact) mass is 459 g/mol. The first-order chi connectivity index (χ1) is 14.7. The van der Waals surface area contributed by atoms with Crippen LogP contribution in [-0.4, -0.2) is 52.8 Å². The largest absolute Gasteiger partial charge is 0.384 e. The summed E-state index contributed by atoms with van der Waals surface area (Å²) in [6.07, 6.45) is 2.96. The summed E-state index contributed by atoms with van der Waals surface area (Å²) in [5.74, 6) is 6.27. The van der Waals surface area contributed by atoms with Crippen LogP contribution in [0.2, 0.25) is 0 Å². The van der Waals surface area contributed by atoms with Crippen molar-refractivity contribution in [3.8, 4) is 11.8 Å². The molecule has 3 N–H and O–H groups in total. The number of nitrogens with two attached hydrogens (primary N) is 1. The summed E-state index contributed by atoms with van der Waals surface area (Å²) < 4.78 is 48.4. The van der Waals surface area contributed by atoms with Crippen molar-refractivity contribution in [3.63, 3.8) is 0 Å². The Morgan fingerprint density at radius 2 is 1.74 bits per heavy atom. The Morgan fingerprint density at radius 1 is 1.06 bits per heavy atom. The quantitative estimate of drug-likeness (QED) is 0.661. The van der Waals surface area contributed by atoms with Gasteiger partial charge in [-0.1, -0.05) is 5.92 Å². The zero-order valence-electron chi connectivity index (χ0n) is 17.2. The molecule has 4 rings (SSSR count). The number of nitrogens with one attached hydrogen (secondary N) is 1. The molecule has 2 fully saturated rings. The lowest BCUT2D eigenvalue weighted by Crippen LogP contribution is -2.54. The van der Waals surface area contributed by atoms with Crippen LogP contribution >= 0.6 is 0 Å². The van der Waals surface area contributed by atoms with Crippen LogP contribution in [0.5, 0.6) is 0 Å². The van der Waals surface area contributed by atoms with Crippen LogP contribution in [0.25, 0.3) is 0 Å². The van der Waals surface area contributed by atoms with E-state index < -0.39 is 19.8 Å². The molecule has 1 aliphatic carbocycles. The zero-order valence-corrected chi connectivity index (χ0v) is 18.8. The molecule has 2 heterocycles. The van der Waals surface area contributed by atoms with E-state index in [1.807, 2.05) is 12.1 Å². The summed E-state index contributed by atoms with van der Waals surface area (Å²) in [6, 6.07) is 9.81. The molecule has 31 heavy (non-hydrogen) atoms. The molecule has 164 valence electrons. The molecule has 2 aromatic rings. The van der Waals surface area contributed by atoms with Crippen molar-refractivity contribution in [2.24, 2.45) is 0 Å². The van der Waals surface area contributed by atoms with Crippen LogP contribution in [-0.2, 0) is 19.8 Å². The Balaban J connectivity index is 1.56. The van der Waals surface area contributed by atoms with E-state index in [0.717, 1.165) is 18.5 Å². The van der Waals surface area contributed by atoms with Gasteiger partial charge >= 0.3 is 0 Å². The van der Waals surface area contributed by atoms with E-state index in [4.69, 9.17) is 10.5 Å². The Hall–Kier alpha value is -2.61. The molecule has 0 unspecified atom stereocenters. The Kier molecular flexibility index (Phi) is 5.68. The fourth-order valence-corrected chi connectivity index (χ4v) is 6.81. The van der Waals surface area contributed by atoms with Gasteiger partial charge in [-0.3, -0.25) is 0 Å². The van der Waals surface area contributed by atoms with Gasteiger partial charge in [-0.05, 0) is 56.2 Å². The van der Waals surface area contributed by atoms with Crippen molar-refractivity contribution in [2.45, 2.75) is 40.8 Å². The van der Waals surface area contributed by atoms with Gasteiger partial charge in [0.15, 0.2) is 0 Å². The summed E-state index contributed by atoms with van der Waals surface area (Å²) in [7, 11) is -6.45. The molecular weight excluding hydrogens is 434 g/mol. The lowest BCUT2D eigenvalue weighted by molar-refractivity contribution is 0.360. The SMILES string of the molecule is CC#C[C@H]1CN(S(=O)(=O)c2ccc(N)nc2)CCN1c1ccc([S@@](=N)(=O)C2CC2)cc1. The summed E-state index contributed by atoms with van der Waals surface area (Å²) in [5.41, 5.74) is 6.44. The van der Waals surface area contributed by atoms with Gasteiger partial charge in [0.25, 0.3) is 0 Å². The van der Waals surface area contributed by atoms with Gasteiger partial charge in [-0.25, -0.2) is 22.4 Å². The van der Waals surface area contributed by atoms with Gasteiger partial charge in [0.05, 0.1) is 9.73 Å². The molecule has 0 amide bonds. The smallest absolute Gasteiger partial charge is 0.244 e. The Labute approximate surface area is 183 Å². The minimum atomic E-state index is -3.71. The van der Waals surface area contributed by atoms with Crippen molar-refractivity contribution in [3.05, 3.63) is 42.6 Å². The van der Waals surface area contributed by atoms with E-state index in [0.29, 0.717) is 18.0 Å². The van der Waals surface area contributed by atoms with Crippen LogP contribution in [0.15, 0.2) is 52.4 Å². The molecule has 8 nitrogen and oxygen atoms in total. The summed E-state index contributed by atoms with van der Waals surface area (Å²) >= 11 is 0. The highest BCUT2D eigenvalue weighted by Crippen LogP contribution is 2.35. The first-order valence-corrected chi connectivity index (χ1v) is 13.1. The van der Waals surface area contributed by atoms with E-state index in [1.54, 1.807) is 19.1 Å². The van der Waals surface area contributed by atoms with Crippen LogP contribution in [0.4, 0.5) is 11.5 Å². The standard InChI is InChI=1S/C21H25N5O3S2/c1-2-3-17-15-25(31(28,29)20-10-11-21(22)24-14-20)12-13-26(17)16-4-6-18(7-5-16)30(23,27)19-8-9-19/h4-7,10-11,14,17,19,23H,8-9,12-13,15H2,1H3,(H2,22,24)/t17-,30+/m0/s1. The fraction of sp³-hybridized carbons (Fsp3) is 0.381. The second-order valence-corrected chi connectivity index (χ2v) is 12.0. The molecule has 2 aliphatic rings. The molecule has 1 aliphatic heterocycles. The van der Waals surface area contributed by atoms with Crippen molar-refractivity contribution in [2.75, 3.05) is 30.3 Å². The highest BCUT2D eigenvalue weighted by Gasteiger charge is 2.35. The third-order valence-corrected chi connectivity index (χ3v) is 9.79. The van der Waals surface area contributed by atoms with E-state index >= 15 is 0 Å². The topological polar surface area (TPSA) is 120 Å². The van der Waals surface area contributed by atoms with Gasteiger partial charge in [0.1, 0.15) is 16.8 Å². The first-order valence-electron chi connectivity index (χ1n) is 10.0. The lowest BCUT2D eigenvalue weighted by atomic mass is 10.1. The van der Waals surface area contributed by atoms with E-state index in [-0.39, 0.29) is 28.5 Å². The number of hydrogen-bond donors (Lipinski definition) is 2. The number of nitrogen functional groups attached to an aromatic ring is 1. The number of aromatic nitrogens is 1. The molecule has 10 heteroatoms. The maximum atomic E-state index is 13.0. The maximum Gasteiger partial charge on any atom is 0.244 e. The van der Waals surface area contributed by atoms with Crippen LogP contribution in [0.1, 0.15) is 19.8 Å². The Bertz CT molecular complexity index is 1230. The van der Waals surface area contributed by atoms with Gasteiger partial charge in [0.2, 0.25) is 10.0 Å². The summed E-state index contributed by atoms with van der Waals surface area (Å²) in [4.78, 5) is 6.60. The van der Waals surface area contributed by atoms with E-state index in [2.05, 4.69) is 21.7 Å². The zero-order chi connectivity index (χ0) is 22.2. The van der Waals surface area contributed by atoms with Crippen LogP contribution < -0.4 is 10.6 Å². The molecule has 1 saturated carbocycles. The van der Waals surface area contributed by atoms with Crippen molar-refractivity contribution in [1.82, 2.24) is 9.29 Å². The average molecular weight is 460 g/mol. The maximum absolute atomic E-state index is 13.0. The molecule has 1 aromatic carbocycles. The number of sulfonamides is 1. The summed E-state index contributed by atoms with van der Waals surface area (Å²) in [5, 5.41) is -0.0337. The predicted octanol–water partition coefficient (Wildman–Crippen LogP) is 2.13. The molecule has 0 bridgehead atoms. The fourth-order valence-electron chi connectivity index (χ4n) is 3.70. The molecular formula is C21H25N5O3S2.